The average molecular weight is 342 g/mol. The van der Waals surface area contributed by atoms with Crippen molar-refractivity contribution in [2.75, 3.05) is 6.54 Å². The van der Waals surface area contributed by atoms with Crippen molar-refractivity contribution in [3.63, 3.8) is 0 Å². The fourth-order valence-corrected chi connectivity index (χ4v) is 3.45. The average Bonchev–Trinajstić information content (AvgIpc) is 3.03. The Labute approximate surface area is 146 Å². The van der Waals surface area contributed by atoms with Crippen LogP contribution in [0.5, 0.6) is 0 Å². The molecule has 1 aliphatic heterocycles. The molecule has 0 unspecified atom stereocenters. The van der Waals surface area contributed by atoms with Gasteiger partial charge in [0.05, 0.1) is 18.8 Å². The third-order valence-corrected chi connectivity index (χ3v) is 5.18. The number of imidazole rings is 1. The summed E-state index contributed by atoms with van der Waals surface area (Å²) in [5, 5.41) is 2.80. The van der Waals surface area contributed by atoms with Gasteiger partial charge in [0.2, 0.25) is 5.91 Å². The van der Waals surface area contributed by atoms with Crippen LogP contribution in [0.2, 0.25) is 0 Å². The van der Waals surface area contributed by atoms with Crippen molar-refractivity contribution in [2.45, 2.75) is 39.4 Å². The number of nitrogens with one attached hydrogen (secondary N) is 1. The van der Waals surface area contributed by atoms with E-state index in [-0.39, 0.29) is 23.8 Å². The molecule has 1 saturated carbocycles. The zero-order valence-corrected chi connectivity index (χ0v) is 14.4. The van der Waals surface area contributed by atoms with Crippen LogP contribution in [0, 0.1) is 11.8 Å². The molecule has 132 valence electrons. The van der Waals surface area contributed by atoms with Gasteiger partial charge in [0, 0.05) is 25.2 Å². The molecule has 1 fully saturated rings. The van der Waals surface area contributed by atoms with Gasteiger partial charge in [-0.1, -0.05) is 6.92 Å². The summed E-state index contributed by atoms with van der Waals surface area (Å²) < 4.78 is 7.19. The SMILES string of the molecule is C[C@@H]1C[C@H]1C(=O)N1CCn2cc(C(=O)NCc3ccco3)nc2[C@@H]1C. The molecule has 7 nitrogen and oxygen atoms in total. The predicted octanol–water partition coefficient (Wildman–Crippen LogP) is 1.97. The normalized spacial score (nSPS) is 24.7. The lowest BCUT2D eigenvalue weighted by Gasteiger charge is -2.34. The summed E-state index contributed by atoms with van der Waals surface area (Å²) in [6.07, 6.45) is 4.33. The molecule has 0 aromatic carbocycles. The summed E-state index contributed by atoms with van der Waals surface area (Å²) in [7, 11) is 0. The first-order valence-electron chi connectivity index (χ1n) is 8.72. The van der Waals surface area contributed by atoms with Gasteiger partial charge >= 0.3 is 0 Å². The Balaban J connectivity index is 1.46. The largest absolute Gasteiger partial charge is 0.467 e. The molecule has 0 spiro atoms. The minimum absolute atomic E-state index is 0.110. The van der Waals surface area contributed by atoms with Gasteiger partial charge in [0.1, 0.15) is 17.3 Å². The molecular formula is C18H22N4O3. The van der Waals surface area contributed by atoms with Crippen molar-refractivity contribution in [3.05, 3.63) is 41.9 Å². The molecule has 4 rings (SSSR count). The quantitative estimate of drug-likeness (QED) is 0.921. The Morgan fingerprint density at radius 1 is 1.36 bits per heavy atom. The molecule has 2 amide bonds. The van der Waals surface area contributed by atoms with E-state index in [0.29, 0.717) is 37.0 Å². The Hall–Kier alpha value is -2.57. The van der Waals surface area contributed by atoms with Gasteiger partial charge in [0.25, 0.3) is 5.91 Å². The van der Waals surface area contributed by atoms with Crippen LogP contribution in [0.25, 0.3) is 0 Å². The van der Waals surface area contributed by atoms with Crippen molar-refractivity contribution >= 4 is 11.8 Å². The Morgan fingerprint density at radius 3 is 2.84 bits per heavy atom. The van der Waals surface area contributed by atoms with E-state index in [1.807, 2.05) is 22.5 Å². The molecule has 2 aromatic rings. The van der Waals surface area contributed by atoms with E-state index in [1.54, 1.807) is 18.5 Å². The van der Waals surface area contributed by atoms with Gasteiger partial charge in [-0.3, -0.25) is 9.59 Å². The molecule has 7 heteroatoms. The summed E-state index contributed by atoms with van der Waals surface area (Å²) in [5.41, 5.74) is 0.377. The van der Waals surface area contributed by atoms with E-state index in [1.165, 1.54) is 0 Å². The maximum atomic E-state index is 12.6. The maximum absolute atomic E-state index is 12.6. The van der Waals surface area contributed by atoms with E-state index >= 15 is 0 Å². The number of furan rings is 1. The third-order valence-electron chi connectivity index (χ3n) is 5.18. The van der Waals surface area contributed by atoms with Gasteiger partial charge in [-0.2, -0.15) is 0 Å². The highest BCUT2D eigenvalue weighted by Crippen LogP contribution is 2.41. The second-order valence-electron chi connectivity index (χ2n) is 6.97. The van der Waals surface area contributed by atoms with E-state index in [0.717, 1.165) is 12.2 Å². The van der Waals surface area contributed by atoms with Crippen LogP contribution in [0.15, 0.2) is 29.0 Å². The molecule has 1 N–H and O–H groups in total. The molecule has 0 bridgehead atoms. The predicted molar refractivity (Wildman–Crippen MR) is 89.5 cm³/mol. The van der Waals surface area contributed by atoms with Gasteiger partial charge in [-0.05, 0) is 31.4 Å². The summed E-state index contributed by atoms with van der Waals surface area (Å²) in [4.78, 5) is 31.3. The van der Waals surface area contributed by atoms with Crippen molar-refractivity contribution in [3.8, 4) is 0 Å². The lowest BCUT2D eigenvalue weighted by molar-refractivity contribution is -0.136. The monoisotopic (exact) mass is 342 g/mol. The van der Waals surface area contributed by atoms with E-state index in [2.05, 4.69) is 17.2 Å². The number of aromatic nitrogens is 2. The fourth-order valence-electron chi connectivity index (χ4n) is 3.45. The Morgan fingerprint density at radius 2 is 2.16 bits per heavy atom. The molecule has 2 aromatic heterocycles. The molecule has 0 radical (unpaired) electrons. The number of carbonyl (C=O) groups excluding carboxylic acids is 2. The molecule has 2 aliphatic rings. The molecule has 25 heavy (non-hydrogen) atoms. The van der Waals surface area contributed by atoms with Crippen LogP contribution in [0.4, 0.5) is 0 Å². The maximum Gasteiger partial charge on any atom is 0.271 e. The molecule has 3 atom stereocenters. The van der Waals surface area contributed by atoms with Crippen molar-refractivity contribution in [1.82, 2.24) is 19.8 Å². The van der Waals surface area contributed by atoms with Crippen LogP contribution in [-0.2, 0) is 17.9 Å². The fraction of sp³-hybridized carbons (Fsp3) is 0.500. The van der Waals surface area contributed by atoms with Crippen LogP contribution < -0.4 is 5.32 Å². The highest BCUT2D eigenvalue weighted by molar-refractivity contribution is 5.92. The lowest BCUT2D eigenvalue weighted by Crippen LogP contribution is -2.42. The van der Waals surface area contributed by atoms with Gasteiger partial charge in [-0.15, -0.1) is 0 Å². The van der Waals surface area contributed by atoms with Crippen molar-refractivity contribution in [1.29, 1.82) is 0 Å². The standard InChI is InChI=1S/C18H22N4O3/c1-11-8-14(11)18(24)22-6-5-21-10-15(20-16(21)12(22)2)17(23)19-9-13-4-3-7-25-13/h3-4,7,10-12,14H,5-6,8-9H2,1-2H3,(H,19,23)/t11-,12+,14-/m1/s1. The number of hydrogen-bond donors (Lipinski definition) is 1. The number of rotatable bonds is 4. The topological polar surface area (TPSA) is 80.4 Å². The number of fused-ring (bicyclic) bond motifs is 1. The van der Waals surface area contributed by atoms with Gasteiger partial charge in [0.15, 0.2) is 0 Å². The smallest absolute Gasteiger partial charge is 0.271 e. The summed E-state index contributed by atoms with van der Waals surface area (Å²) in [6, 6.07) is 3.48. The zero-order chi connectivity index (χ0) is 17.6. The Kier molecular flexibility index (Phi) is 3.86. The highest BCUT2D eigenvalue weighted by atomic mass is 16.3. The number of carbonyl (C=O) groups is 2. The number of nitrogens with zero attached hydrogens (tertiary/aromatic N) is 3. The molecule has 3 heterocycles. The van der Waals surface area contributed by atoms with Crippen molar-refractivity contribution < 1.29 is 14.0 Å². The number of amides is 2. The molecule has 1 aliphatic carbocycles. The summed E-state index contributed by atoms with van der Waals surface area (Å²) in [5.74, 6) is 2.11. The third kappa shape index (κ3) is 2.94. The van der Waals surface area contributed by atoms with E-state index in [9.17, 15) is 9.59 Å². The lowest BCUT2D eigenvalue weighted by atomic mass is 10.1. The first-order chi connectivity index (χ1) is 12.0. The number of hydrogen-bond acceptors (Lipinski definition) is 4. The minimum atomic E-state index is -0.237. The van der Waals surface area contributed by atoms with Crippen molar-refractivity contribution in [2.24, 2.45) is 11.8 Å². The van der Waals surface area contributed by atoms with Crippen LogP contribution in [-0.4, -0.2) is 32.8 Å². The zero-order valence-electron chi connectivity index (χ0n) is 14.4. The first kappa shape index (κ1) is 15.9. The van der Waals surface area contributed by atoms with Crippen LogP contribution >= 0.6 is 0 Å². The molecular weight excluding hydrogens is 320 g/mol. The van der Waals surface area contributed by atoms with Gasteiger partial charge < -0.3 is 19.2 Å². The van der Waals surface area contributed by atoms with E-state index in [4.69, 9.17) is 4.42 Å². The van der Waals surface area contributed by atoms with Crippen LogP contribution in [0.1, 0.15) is 48.4 Å². The highest BCUT2D eigenvalue weighted by Gasteiger charge is 2.44. The first-order valence-corrected chi connectivity index (χ1v) is 8.72. The second-order valence-corrected chi connectivity index (χ2v) is 6.97. The van der Waals surface area contributed by atoms with Gasteiger partial charge in [-0.25, -0.2) is 4.98 Å². The van der Waals surface area contributed by atoms with E-state index < -0.39 is 0 Å². The minimum Gasteiger partial charge on any atom is -0.467 e. The summed E-state index contributed by atoms with van der Waals surface area (Å²) >= 11 is 0. The summed E-state index contributed by atoms with van der Waals surface area (Å²) in [6.45, 7) is 5.76. The van der Waals surface area contributed by atoms with Crippen LogP contribution in [0.3, 0.4) is 0 Å². The second kappa shape index (κ2) is 6.06. The molecule has 0 saturated heterocycles. The Bertz CT molecular complexity index is 795.